The number of carbonyl (C=O) groups excluding carboxylic acids is 2. The van der Waals surface area contributed by atoms with Crippen molar-refractivity contribution in [2.45, 2.75) is 55.9 Å². The summed E-state index contributed by atoms with van der Waals surface area (Å²) in [6.07, 6.45) is 11.9. The zero-order valence-electron chi connectivity index (χ0n) is 22.7. The number of rotatable bonds is 5. The summed E-state index contributed by atoms with van der Waals surface area (Å²) < 4.78 is 18.4. The maximum Gasteiger partial charge on any atom is 0.233 e. The van der Waals surface area contributed by atoms with E-state index in [2.05, 4.69) is 28.4 Å². The predicted molar refractivity (Wildman–Crippen MR) is 149 cm³/mol. The SMILES string of the molecule is CN1C[C@@H](Nc2nc(N3CCC(C(=O)N4CCOCC4)(C4=CCCC=C4)CC3)nc3c2S(=O)CC3)CCC1=O. The smallest absolute Gasteiger partial charge is 0.233 e. The van der Waals surface area contributed by atoms with Gasteiger partial charge in [0.2, 0.25) is 17.8 Å². The molecule has 2 amide bonds. The van der Waals surface area contributed by atoms with Crippen LogP contribution >= 0.6 is 0 Å². The van der Waals surface area contributed by atoms with Gasteiger partial charge >= 0.3 is 0 Å². The zero-order chi connectivity index (χ0) is 27.0. The fourth-order valence-corrected chi connectivity index (χ4v) is 7.81. The van der Waals surface area contributed by atoms with Crippen LogP contribution in [0.1, 0.15) is 44.2 Å². The Morgan fingerprint density at radius 3 is 2.64 bits per heavy atom. The molecule has 4 aliphatic heterocycles. The molecule has 1 unspecified atom stereocenters. The number of nitrogens with one attached hydrogen (secondary N) is 1. The van der Waals surface area contributed by atoms with E-state index >= 15 is 0 Å². The lowest BCUT2D eigenvalue weighted by Gasteiger charge is -2.45. The van der Waals surface area contributed by atoms with Crippen molar-refractivity contribution in [1.29, 1.82) is 0 Å². The van der Waals surface area contributed by atoms with E-state index in [1.54, 1.807) is 4.90 Å². The van der Waals surface area contributed by atoms with E-state index in [-0.39, 0.29) is 17.9 Å². The van der Waals surface area contributed by atoms with Gasteiger partial charge in [-0.05, 0) is 37.7 Å². The summed E-state index contributed by atoms with van der Waals surface area (Å²) in [6, 6.07) is 0.0577. The van der Waals surface area contributed by atoms with Crippen LogP contribution in [0.5, 0.6) is 0 Å². The molecule has 11 heteroatoms. The molecule has 3 fully saturated rings. The van der Waals surface area contributed by atoms with Crippen molar-refractivity contribution < 1.29 is 18.5 Å². The van der Waals surface area contributed by atoms with Crippen molar-refractivity contribution in [2.75, 3.05) is 69.0 Å². The minimum absolute atomic E-state index is 0.0577. The lowest BCUT2D eigenvalue weighted by atomic mass is 9.69. The number of piperidine rings is 2. The molecule has 0 spiro atoms. The number of carbonyl (C=O) groups is 2. The first kappa shape index (κ1) is 26.4. The van der Waals surface area contributed by atoms with E-state index in [1.165, 1.54) is 0 Å². The molecule has 5 heterocycles. The fourth-order valence-electron chi connectivity index (χ4n) is 6.50. The molecule has 2 atom stereocenters. The van der Waals surface area contributed by atoms with Crippen LogP contribution in [0.4, 0.5) is 11.8 Å². The van der Waals surface area contributed by atoms with Crippen LogP contribution < -0.4 is 10.2 Å². The number of likely N-dealkylation sites (N-methyl/N-ethyl adjacent to an activating group) is 1. The van der Waals surface area contributed by atoms with Gasteiger partial charge in [-0.1, -0.05) is 18.2 Å². The number of aromatic nitrogens is 2. The molecule has 1 aromatic heterocycles. The normalized spacial score (nSPS) is 26.8. The first-order valence-corrected chi connectivity index (χ1v) is 15.6. The largest absolute Gasteiger partial charge is 0.378 e. The average molecular weight is 555 g/mol. The van der Waals surface area contributed by atoms with Crippen molar-refractivity contribution in [3.8, 4) is 0 Å². The van der Waals surface area contributed by atoms with Crippen LogP contribution in [-0.2, 0) is 31.5 Å². The number of allylic oxidation sites excluding steroid dienone is 3. The summed E-state index contributed by atoms with van der Waals surface area (Å²) >= 11 is 0. The van der Waals surface area contributed by atoms with E-state index in [1.807, 2.05) is 11.9 Å². The lowest BCUT2D eigenvalue weighted by Crippen LogP contribution is -2.54. The van der Waals surface area contributed by atoms with Crippen molar-refractivity contribution in [2.24, 2.45) is 5.41 Å². The van der Waals surface area contributed by atoms with Crippen LogP contribution in [0.15, 0.2) is 28.7 Å². The third-order valence-electron chi connectivity index (χ3n) is 8.80. The highest BCUT2D eigenvalue weighted by molar-refractivity contribution is 7.85. The number of fused-ring (bicyclic) bond motifs is 1. The standard InChI is InChI=1S/C28H38N6O4S/c1-32-19-21(7-8-23(32)35)29-25-24-22(9-18-39(24)37)30-27(31-25)34-12-10-28(11-13-34,20-5-3-2-4-6-20)26(36)33-14-16-38-17-15-33/h3,5-6,21H,2,4,7-19H2,1H3,(H,29,30,31)/t21-,39?/m0/s1. The summed E-state index contributed by atoms with van der Waals surface area (Å²) in [5.41, 5.74) is 1.46. The number of ether oxygens (including phenoxy) is 1. The summed E-state index contributed by atoms with van der Waals surface area (Å²) in [7, 11) is 0.689. The summed E-state index contributed by atoms with van der Waals surface area (Å²) in [4.78, 5) is 42.4. The number of aryl methyl sites for hydroxylation is 1. The van der Waals surface area contributed by atoms with E-state index in [4.69, 9.17) is 14.7 Å². The predicted octanol–water partition coefficient (Wildman–Crippen LogP) is 1.89. The van der Waals surface area contributed by atoms with Crippen LogP contribution in [0.2, 0.25) is 0 Å². The quantitative estimate of drug-likeness (QED) is 0.588. The first-order chi connectivity index (χ1) is 18.9. The van der Waals surface area contributed by atoms with Gasteiger partial charge in [0.1, 0.15) is 10.7 Å². The van der Waals surface area contributed by atoms with Crippen molar-refractivity contribution >= 4 is 34.4 Å². The van der Waals surface area contributed by atoms with Gasteiger partial charge < -0.3 is 24.8 Å². The Labute approximate surface area is 232 Å². The molecule has 0 saturated carbocycles. The van der Waals surface area contributed by atoms with E-state index in [0.717, 1.165) is 30.5 Å². The van der Waals surface area contributed by atoms with Crippen molar-refractivity contribution in [3.63, 3.8) is 0 Å². The summed E-state index contributed by atoms with van der Waals surface area (Å²) in [6.45, 7) is 4.40. The molecule has 1 aromatic rings. The highest BCUT2D eigenvalue weighted by Crippen LogP contribution is 2.44. The minimum atomic E-state index is -1.13. The molecule has 1 aliphatic carbocycles. The third-order valence-corrected chi connectivity index (χ3v) is 10.3. The third kappa shape index (κ3) is 5.11. The van der Waals surface area contributed by atoms with Crippen molar-refractivity contribution in [3.05, 3.63) is 29.5 Å². The first-order valence-electron chi connectivity index (χ1n) is 14.2. The van der Waals surface area contributed by atoms with Crippen LogP contribution in [0.3, 0.4) is 0 Å². The maximum atomic E-state index is 14.0. The van der Waals surface area contributed by atoms with E-state index < -0.39 is 16.2 Å². The number of likely N-dealkylation sites (tertiary alicyclic amines) is 1. The van der Waals surface area contributed by atoms with Gasteiger partial charge in [0.25, 0.3) is 0 Å². The molecule has 0 aromatic carbocycles. The lowest BCUT2D eigenvalue weighted by molar-refractivity contribution is -0.145. The topological polar surface area (TPSA) is 108 Å². The number of nitrogens with zero attached hydrogens (tertiary/aromatic N) is 5. The molecule has 3 saturated heterocycles. The van der Waals surface area contributed by atoms with Gasteiger partial charge in [0, 0.05) is 64.4 Å². The molecular weight excluding hydrogens is 516 g/mol. The molecule has 5 aliphatic rings. The Morgan fingerprint density at radius 2 is 1.92 bits per heavy atom. The molecule has 10 nitrogen and oxygen atoms in total. The fraction of sp³-hybridized carbons (Fsp3) is 0.643. The minimum Gasteiger partial charge on any atom is -0.378 e. The number of amides is 2. The molecule has 6 rings (SSSR count). The second-order valence-electron chi connectivity index (χ2n) is 11.2. The Kier molecular flexibility index (Phi) is 7.45. The number of anilines is 2. The maximum absolute atomic E-state index is 14.0. The van der Waals surface area contributed by atoms with Crippen LogP contribution in [-0.4, -0.2) is 101 Å². The van der Waals surface area contributed by atoms with E-state index in [0.29, 0.717) is 94.0 Å². The number of hydrogen-bond donors (Lipinski definition) is 1. The zero-order valence-corrected chi connectivity index (χ0v) is 23.5. The Balaban J connectivity index is 1.25. The molecule has 39 heavy (non-hydrogen) atoms. The second kappa shape index (κ2) is 11.0. The summed E-state index contributed by atoms with van der Waals surface area (Å²) in [5.74, 6) is 2.19. The van der Waals surface area contributed by atoms with Crippen LogP contribution in [0, 0.1) is 5.41 Å². The highest BCUT2D eigenvalue weighted by Gasteiger charge is 2.46. The van der Waals surface area contributed by atoms with Gasteiger partial charge in [-0.15, -0.1) is 0 Å². The van der Waals surface area contributed by atoms with Gasteiger partial charge in [0.15, 0.2) is 0 Å². The van der Waals surface area contributed by atoms with Gasteiger partial charge in [0.05, 0.1) is 35.1 Å². The Bertz CT molecular complexity index is 1220. The van der Waals surface area contributed by atoms with Gasteiger partial charge in [-0.2, -0.15) is 4.98 Å². The molecular formula is C28H38N6O4S. The monoisotopic (exact) mass is 554 g/mol. The second-order valence-corrected chi connectivity index (χ2v) is 12.7. The van der Waals surface area contributed by atoms with Gasteiger partial charge in [-0.3, -0.25) is 13.8 Å². The van der Waals surface area contributed by atoms with E-state index in [9.17, 15) is 13.8 Å². The van der Waals surface area contributed by atoms with Crippen LogP contribution in [0.25, 0.3) is 0 Å². The van der Waals surface area contributed by atoms with Gasteiger partial charge in [-0.25, -0.2) is 4.98 Å². The highest BCUT2D eigenvalue weighted by atomic mass is 32.2. The number of morpholine rings is 1. The Hall–Kier alpha value is -2.79. The Morgan fingerprint density at radius 1 is 1.13 bits per heavy atom. The molecule has 0 radical (unpaired) electrons. The number of hydrogen-bond acceptors (Lipinski definition) is 8. The molecule has 1 N–H and O–H groups in total. The van der Waals surface area contributed by atoms with Crippen molar-refractivity contribution in [1.82, 2.24) is 19.8 Å². The molecule has 210 valence electrons. The average Bonchev–Trinajstić information content (AvgIpc) is 3.36. The molecule has 0 bridgehead atoms. The summed E-state index contributed by atoms with van der Waals surface area (Å²) in [5, 5.41) is 3.52.